The highest BCUT2D eigenvalue weighted by Crippen LogP contribution is 2.45. The van der Waals surface area contributed by atoms with Gasteiger partial charge in [-0.2, -0.15) is 5.11 Å². The maximum atomic E-state index is 13.7. The van der Waals surface area contributed by atoms with E-state index in [9.17, 15) is 4.79 Å². The summed E-state index contributed by atoms with van der Waals surface area (Å²) in [6, 6.07) is 29.4. The molecule has 0 fully saturated rings. The van der Waals surface area contributed by atoms with E-state index in [0.717, 1.165) is 44.8 Å². The van der Waals surface area contributed by atoms with Crippen LogP contribution in [0.3, 0.4) is 0 Å². The van der Waals surface area contributed by atoms with E-state index in [4.69, 9.17) is 4.98 Å². The Hall–Kier alpha value is -5.24. The summed E-state index contributed by atoms with van der Waals surface area (Å²) < 4.78 is 5.50. The third kappa shape index (κ3) is 3.24. The molecule has 0 atom stereocenters. The first kappa shape index (κ1) is 22.0. The first-order chi connectivity index (χ1) is 18.6. The second-order valence-corrected chi connectivity index (χ2v) is 9.25. The van der Waals surface area contributed by atoms with Crippen LogP contribution in [0.2, 0.25) is 0 Å². The Balaban J connectivity index is 1.43. The molecule has 0 spiro atoms. The number of azo groups is 1. The van der Waals surface area contributed by atoms with Gasteiger partial charge in [0.1, 0.15) is 5.69 Å². The Kier molecular flexibility index (Phi) is 4.87. The van der Waals surface area contributed by atoms with Crippen molar-refractivity contribution in [2.24, 2.45) is 17.3 Å². The van der Waals surface area contributed by atoms with Crippen LogP contribution in [-0.4, -0.2) is 24.0 Å². The van der Waals surface area contributed by atoms with E-state index in [0.29, 0.717) is 16.9 Å². The lowest BCUT2D eigenvalue weighted by molar-refractivity contribution is 0.630. The third-order valence-electron chi connectivity index (χ3n) is 7.08. The normalized spacial score (nSPS) is 11.9. The Bertz CT molecular complexity index is 2010. The molecule has 0 bridgehead atoms. The average molecular weight is 498 g/mol. The largest absolute Gasteiger partial charge is 0.291 e. The van der Waals surface area contributed by atoms with Gasteiger partial charge in [0, 0.05) is 41.3 Å². The number of nitrogens with one attached hydrogen (secondary N) is 1. The summed E-state index contributed by atoms with van der Waals surface area (Å²) in [5.74, 6) is 0. The summed E-state index contributed by atoms with van der Waals surface area (Å²) in [6.45, 7) is 1.95. The van der Waals surface area contributed by atoms with Gasteiger partial charge in [-0.15, -0.1) is 5.11 Å². The van der Waals surface area contributed by atoms with Crippen LogP contribution in [0.15, 0.2) is 112 Å². The van der Waals surface area contributed by atoms with Gasteiger partial charge in [-0.05, 0) is 31.2 Å². The molecule has 7 rings (SSSR count). The molecular formula is C30H23N7O. The summed E-state index contributed by atoms with van der Waals surface area (Å²) in [4.78, 5) is 18.4. The van der Waals surface area contributed by atoms with Crippen LogP contribution in [0.1, 0.15) is 5.69 Å². The molecule has 1 N–H and O–H groups in total. The van der Waals surface area contributed by atoms with E-state index in [1.807, 2.05) is 114 Å². The van der Waals surface area contributed by atoms with Crippen molar-refractivity contribution in [3.8, 4) is 28.2 Å². The first-order valence-corrected chi connectivity index (χ1v) is 12.3. The molecular weight excluding hydrogens is 474 g/mol. The first-order valence-electron chi connectivity index (χ1n) is 12.3. The van der Waals surface area contributed by atoms with Crippen molar-refractivity contribution >= 4 is 27.8 Å². The lowest BCUT2D eigenvalue weighted by Crippen LogP contribution is -2.20. The van der Waals surface area contributed by atoms with Crippen LogP contribution in [0.5, 0.6) is 0 Å². The molecule has 3 aromatic carbocycles. The van der Waals surface area contributed by atoms with Gasteiger partial charge in [-0.25, -0.2) is 14.2 Å². The molecule has 184 valence electrons. The standard InChI is InChI=1S/C30H23N7O/c1-19-27(30(38)37(35(19)2)21-13-7-4-8-14-21)25-17-26-31-18-24-28(33-32-20-11-5-3-6-12-20)22-15-9-10-16-23(22)29(24)36(26)34-25/h3-18,34H,1-2H3. The Labute approximate surface area is 217 Å². The number of aromatic amines is 1. The van der Waals surface area contributed by atoms with Crippen molar-refractivity contribution in [2.75, 3.05) is 0 Å². The van der Waals surface area contributed by atoms with Gasteiger partial charge in [0.25, 0.3) is 5.56 Å². The summed E-state index contributed by atoms with van der Waals surface area (Å²) in [5.41, 5.74) is 6.96. The molecule has 0 unspecified atom stereocenters. The molecule has 38 heavy (non-hydrogen) atoms. The molecule has 3 heterocycles. The number of nitrogens with zero attached hydrogens (tertiary/aromatic N) is 6. The van der Waals surface area contributed by atoms with Gasteiger partial charge in [-0.1, -0.05) is 60.7 Å². The molecule has 8 nitrogen and oxygen atoms in total. The Morgan fingerprint density at radius 1 is 0.842 bits per heavy atom. The van der Waals surface area contributed by atoms with Crippen LogP contribution in [-0.2, 0) is 7.05 Å². The Morgan fingerprint density at radius 3 is 2.29 bits per heavy atom. The maximum absolute atomic E-state index is 13.7. The molecule has 1 aliphatic heterocycles. The second kappa shape index (κ2) is 8.41. The van der Waals surface area contributed by atoms with E-state index in [-0.39, 0.29) is 5.56 Å². The lowest BCUT2D eigenvalue weighted by atomic mass is 10.2. The number of benzene rings is 3. The molecule has 0 saturated heterocycles. The summed E-state index contributed by atoms with van der Waals surface area (Å²) in [5, 5.41) is 14.6. The number of hydrogen-bond acceptors (Lipinski definition) is 4. The van der Waals surface area contributed by atoms with Crippen LogP contribution >= 0.6 is 0 Å². The lowest BCUT2D eigenvalue weighted by Gasteiger charge is -2.07. The van der Waals surface area contributed by atoms with Crippen LogP contribution < -0.4 is 5.56 Å². The van der Waals surface area contributed by atoms with Gasteiger partial charge in [0.2, 0.25) is 0 Å². The molecule has 1 aliphatic carbocycles. The van der Waals surface area contributed by atoms with Gasteiger partial charge in [0.05, 0.1) is 28.3 Å². The van der Waals surface area contributed by atoms with Gasteiger partial charge in [-0.3, -0.25) is 14.6 Å². The SMILES string of the molecule is Cc1c(-c2cc3ncc4c(N=Nc5ccccc5)c5ccccc5c-4n3[nH]2)c(=O)n(-c2ccccc2)n1C. The fraction of sp³-hybridized carbons (Fsp3) is 0.0667. The van der Waals surface area contributed by atoms with Crippen molar-refractivity contribution in [1.82, 2.24) is 24.0 Å². The quantitative estimate of drug-likeness (QED) is 0.271. The highest BCUT2D eigenvalue weighted by molar-refractivity contribution is 6.11. The van der Waals surface area contributed by atoms with E-state index < -0.39 is 0 Å². The molecule has 0 saturated carbocycles. The van der Waals surface area contributed by atoms with Gasteiger partial charge >= 0.3 is 0 Å². The van der Waals surface area contributed by atoms with E-state index in [2.05, 4.69) is 21.4 Å². The average Bonchev–Trinajstić information content (AvgIpc) is 3.58. The molecule has 0 amide bonds. The number of para-hydroxylation sites is 1. The summed E-state index contributed by atoms with van der Waals surface area (Å²) in [6.07, 6.45) is 1.84. The van der Waals surface area contributed by atoms with Gasteiger partial charge in [0.15, 0.2) is 5.65 Å². The molecule has 0 radical (unpaired) electrons. The van der Waals surface area contributed by atoms with Crippen molar-refractivity contribution in [1.29, 1.82) is 0 Å². The van der Waals surface area contributed by atoms with Crippen LogP contribution in [0, 0.1) is 6.92 Å². The van der Waals surface area contributed by atoms with E-state index >= 15 is 0 Å². The number of aromatic nitrogens is 5. The van der Waals surface area contributed by atoms with E-state index in [1.165, 1.54) is 0 Å². The minimum atomic E-state index is -0.0932. The third-order valence-corrected chi connectivity index (χ3v) is 7.08. The topological polar surface area (TPSA) is 84.7 Å². The molecule has 5 aromatic rings. The number of H-pyrrole nitrogens is 1. The highest BCUT2D eigenvalue weighted by atomic mass is 16.1. The number of fused-ring (bicyclic) bond motifs is 5. The summed E-state index contributed by atoms with van der Waals surface area (Å²) in [7, 11) is 1.90. The minimum Gasteiger partial charge on any atom is -0.291 e. The zero-order valence-corrected chi connectivity index (χ0v) is 20.8. The van der Waals surface area contributed by atoms with Crippen LogP contribution in [0.4, 0.5) is 11.4 Å². The molecule has 2 aromatic heterocycles. The Morgan fingerprint density at radius 2 is 1.53 bits per heavy atom. The fourth-order valence-corrected chi connectivity index (χ4v) is 5.18. The predicted octanol–water partition coefficient (Wildman–Crippen LogP) is 6.80. The smallest absolute Gasteiger partial charge is 0.281 e. The predicted molar refractivity (Wildman–Crippen MR) is 149 cm³/mol. The van der Waals surface area contributed by atoms with Gasteiger partial charge < -0.3 is 0 Å². The highest BCUT2D eigenvalue weighted by Gasteiger charge is 2.24. The number of hydrogen-bond donors (Lipinski definition) is 1. The maximum Gasteiger partial charge on any atom is 0.281 e. The fourth-order valence-electron chi connectivity index (χ4n) is 5.18. The van der Waals surface area contributed by atoms with Crippen LogP contribution in [0.25, 0.3) is 44.6 Å². The molecule has 2 aliphatic rings. The zero-order valence-electron chi connectivity index (χ0n) is 20.8. The summed E-state index contributed by atoms with van der Waals surface area (Å²) >= 11 is 0. The minimum absolute atomic E-state index is 0.0932. The van der Waals surface area contributed by atoms with Crippen molar-refractivity contribution in [3.05, 3.63) is 113 Å². The van der Waals surface area contributed by atoms with Crippen molar-refractivity contribution < 1.29 is 0 Å². The van der Waals surface area contributed by atoms with E-state index in [1.54, 1.807) is 4.68 Å². The zero-order chi connectivity index (χ0) is 25.8. The monoisotopic (exact) mass is 497 g/mol. The van der Waals surface area contributed by atoms with Crippen molar-refractivity contribution in [2.45, 2.75) is 6.92 Å². The number of rotatable bonds is 4. The van der Waals surface area contributed by atoms with Crippen molar-refractivity contribution in [3.63, 3.8) is 0 Å². The second-order valence-electron chi connectivity index (χ2n) is 9.25. The molecule has 8 heteroatoms.